The van der Waals surface area contributed by atoms with E-state index in [9.17, 15) is 9.18 Å². The van der Waals surface area contributed by atoms with Crippen LogP contribution in [0.25, 0.3) is 10.2 Å². The third-order valence-electron chi connectivity index (χ3n) is 2.88. The molecule has 0 aliphatic heterocycles. The fourth-order valence-electron chi connectivity index (χ4n) is 1.85. The van der Waals surface area contributed by atoms with E-state index < -0.39 is 5.82 Å². The average molecular weight is 287 g/mol. The summed E-state index contributed by atoms with van der Waals surface area (Å²) in [5.74, 6) is -0.829. The molecule has 0 bridgehead atoms. The molecule has 100 valence electrons. The first-order valence-electron chi connectivity index (χ1n) is 5.93. The zero-order valence-electron chi connectivity index (χ0n) is 10.6. The van der Waals surface area contributed by atoms with E-state index >= 15 is 0 Å². The maximum atomic E-state index is 13.6. The number of amides is 1. The van der Waals surface area contributed by atoms with Gasteiger partial charge >= 0.3 is 0 Å². The van der Waals surface area contributed by atoms with E-state index in [-0.39, 0.29) is 11.6 Å². The third-order valence-corrected chi connectivity index (χ3v) is 3.58. The summed E-state index contributed by atoms with van der Waals surface area (Å²) in [6, 6.07) is 9.67. The molecule has 4 nitrogen and oxygen atoms in total. The number of rotatable bonds is 2. The van der Waals surface area contributed by atoms with Gasteiger partial charge in [-0.3, -0.25) is 4.79 Å². The van der Waals surface area contributed by atoms with E-state index in [0.29, 0.717) is 11.1 Å². The third kappa shape index (κ3) is 2.37. The Kier molecular flexibility index (Phi) is 3.15. The molecule has 1 aromatic heterocycles. The Morgan fingerprint density at radius 1 is 1.25 bits per heavy atom. The van der Waals surface area contributed by atoms with E-state index in [4.69, 9.17) is 0 Å². The van der Waals surface area contributed by atoms with Crippen molar-refractivity contribution in [3.8, 4) is 0 Å². The number of aryl methyl sites for hydroxylation is 1. The van der Waals surface area contributed by atoms with E-state index in [1.165, 1.54) is 17.6 Å². The summed E-state index contributed by atoms with van der Waals surface area (Å²) in [6.45, 7) is 1.84. The lowest BCUT2D eigenvalue weighted by molar-refractivity contribution is 0.102. The van der Waals surface area contributed by atoms with Gasteiger partial charge in [0, 0.05) is 5.56 Å². The predicted octanol–water partition coefficient (Wildman–Crippen LogP) is 3.39. The van der Waals surface area contributed by atoms with Gasteiger partial charge in [-0.15, -0.1) is 5.10 Å². The Balaban J connectivity index is 1.90. The highest BCUT2D eigenvalue weighted by Crippen LogP contribution is 2.19. The second-order valence-corrected chi connectivity index (χ2v) is 5.18. The number of nitrogens with zero attached hydrogens (tertiary/aromatic N) is 2. The first-order valence-corrected chi connectivity index (χ1v) is 6.70. The van der Waals surface area contributed by atoms with Crippen molar-refractivity contribution in [3.05, 3.63) is 53.3 Å². The van der Waals surface area contributed by atoms with Crippen molar-refractivity contribution in [2.75, 3.05) is 5.32 Å². The maximum Gasteiger partial charge on any atom is 0.255 e. The van der Waals surface area contributed by atoms with Gasteiger partial charge in [-0.1, -0.05) is 10.6 Å². The molecule has 0 aliphatic carbocycles. The zero-order chi connectivity index (χ0) is 14.1. The van der Waals surface area contributed by atoms with E-state index in [1.807, 2.05) is 6.92 Å². The molecule has 1 N–H and O–H groups in total. The SMILES string of the molecule is Cc1ccc(F)c(NC(=O)c2ccc3snnc3c2)c1. The molecule has 6 heteroatoms. The first kappa shape index (κ1) is 12.7. The molecule has 1 heterocycles. The summed E-state index contributed by atoms with van der Waals surface area (Å²) in [6.07, 6.45) is 0. The van der Waals surface area contributed by atoms with Crippen LogP contribution in [0.5, 0.6) is 0 Å². The minimum atomic E-state index is -0.458. The number of anilines is 1. The number of fused-ring (bicyclic) bond motifs is 1. The Labute approximate surface area is 118 Å². The van der Waals surface area contributed by atoms with Gasteiger partial charge in [0.25, 0.3) is 5.91 Å². The molecule has 0 fully saturated rings. The molecule has 0 aliphatic rings. The summed E-state index contributed by atoms with van der Waals surface area (Å²) >= 11 is 1.26. The molecular weight excluding hydrogens is 277 g/mol. The van der Waals surface area contributed by atoms with Gasteiger partial charge in [-0.25, -0.2) is 4.39 Å². The standard InChI is InChI=1S/C14H10FN3OS/c1-8-2-4-10(15)11(6-8)16-14(19)9-3-5-13-12(7-9)17-18-20-13/h2-7H,1H3,(H,16,19). The van der Waals surface area contributed by atoms with Crippen LogP contribution in [0, 0.1) is 12.7 Å². The summed E-state index contributed by atoms with van der Waals surface area (Å²) in [7, 11) is 0. The maximum absolute atomic E-state index is 13.6. The summed E-state index contributed by atoms with van der Waals surface area (Å²) in [5, 5.41) is 6.48. The molecule has 0 saturated heterocycles. The lowest BCUT2D eigenvalue weighted by Crippen LogP contribution is -2.13. The topological polar surface area (TPSA) is 54.9 Å². The quantitative estimate of drug-likeness (QED) is 0.786. The van der Waals surface area contributed by atoms with Gasteiger partial charge in [0.15, 0.2) is 0 Å². The van der Waals surface area contributed by atoms with Gasteiger partial charge in [0.05, 0.1) is 10.4 Å². The zero-order valence-corrected chi connectivity index (χ0v) is 11.4. The molecule has 0 radical (unpaired) electrons. The molecule has 0 spiro atoms. The van der Waals surface area contributed by atoms with Crippen LogP contribution in [0.3, 0.4) is 0 Å². The molecule has 0 saturated carbocycles. The highest BCUT2D eigenvalue weighted by molar-refractivity contribution is 7.12. The Morgan fingerprint density at radius 2 is 2.10 bits per heavy atom. The van der Waals surface area contributed by atoms with Crippen LogP contribution in [0.15, 0.2) is 36.4 Å². The van der Waals surface area contributed by atoms with Crippen LogP contribution in [0.2, 0.25) is 0 Å². The smallest absolute Gasteiger partial charge is 0.255 e. The van der Waals surface area contributed by atoms with Crippen LogP contribution in [0.1, 0.15) is 15.9 Å². The van der Waals surface area contributed by atoms with Gasteiger partial charge in [-0.05, 0) is 54.4 Å². The van der Waals surface area contributed by atoms with Crippen molar-refractivity contribution in [2.45, 2.75) is 6.92 Å². The normalized spacial score (nSPS) is 10.7. The number of carbonyl (C=O) groups is 1. The van der Waals surface area contributed by atoms with Gasteiger partial charge < -0.3 is 5.32 Å². The number of aromatic nitrogens is 2. The summed E-state index contributed by atoms with van der Waals surface area (Å²) in [5.41, 5.74) is 2.13. The van der Waals surface area contributed by atoms with Crippen LogP contribution in [-0.4, -0.2) is 15.5 Å². The average Bonchev–Trinajstić information content (AvgIpc) is 2.90. The minimum Gasteiger partial charge on any atom is -0.319 e. The fraction of sp³-hybridized carbons (Fsp3) is 0.0714. The van der Waals surface area contributed by atoms with E-state index in [1.54, 1.807) is 30.3 Å². The van der Waals surface area contributed by atoms with Crippen LogP contribution < -0.4 is 5.32 Å². The van der Waals surface area contributed by atoms with Crippen LogP contribution >= 0.6 is 11.5 Å². The van der Waals surface area contributed by atoms with E-state index in [2.05, 4.69) is 14.9 Å². The number of nitrogens with one attached hydrogen (secondary N) is 1. The Morgan fingerprint density at radius 3 is 2.95 bits per heavy atom. The van der Waals surface area contributed by atoms with Gasteiger partial charge in [-0.2, -0.15) is 0 Å². The molecule has 2 aromatic carbocycles. The molecule has 0 atom stereocenters. The van der Waals surface area contributed by atoms with Gasteiger partial charge in [0.2, 0.25) is 0 Å². The molecule has 1 amide bonds. The van der Waals surface area contributed by atoms with Crippen molar-refractivity contribution in [1.29, 1.82) is 0 Å². The lowest BCUT2D eigenvalue weighted by Gasteiger charge is -2.07. The molecular formula is C14H10FN3OS. The highest BCUT2D eigenvalue weighted by Gasteiger charge is 2.11. The second kappa shape index (κ2) is 4.97. The van der Waals surface area contributed by atoms with Crippen molar-refractivity contribution >= 4 is 33.3 Å². The lowest BCUT2D eigenvalue weighted by atomic mass is 10.1. The number of hydrogen-bond acceptors (Lipinski definition) is 4. The second-order valence-electron chi connectivity index (χ2n) is 4.39. The number of carbonyl (C=O) groups excluding carboxylic acids is 1. The highest BCUT2D eigenvalue weighted by atomic mass is 32.1. The van der Waals surface area contributed by atoms with Crippen molar-refractivity contribution in [2.24, 2.45) is 0 Å². The van der Waals surface area contributed by atoms with Crippen molar-refractivity contribution in [3.63, 3.8) is 0 Å². The summed E-state index contributed by atoms with van der Waals surface area (Å²) < 4.78 is 18.3. The first-order chi connectivity index (χ1) is 9.63. The van der Waals surface area contributed by atoms with Crippen molar-refractivity contribution < 1.29 is 9.18 Å². The number of hydrogen-bond donors (Lipinski definition) is 1. The van der Waals surface area contributed by atoms with Crippen LogP contribution in [-0.2, 0) is 0 Å². The largest absolute Gasteiger partial charge is 0.319 e. The van der Waals surface area contributed by atoms with Crippen LogP contribution in [0.4, 0.5) is 10.1 Å². The molecule has 0 unspecified atom stereocenters. The molecule has 3 rings (SSSR count). The van der Waals surface area contributed by atoms with Gasteiger partial charge in [0.1, 0.15) is 11.3 Å². The Bertz CT molecular complexity index is 800. The predicted molar refractivity (Wildman–Crippen MR) is 76.5 cm³/mol. The minimum absolute atomic E-state index is 0.173. The Hall–Kier alpha value is -2.34. The van der Waals surface area contributed by atoms with E-state index in [0.717, 1.165) is 10.3 Å². The van der Waals surface area contributed by atoms with Crippen molar-refractivity contribution in [1.82, 2.24) is 9.59 Å². The fourth-order valence-corrected chi connectivity index (χ4v) is 2.39. The number of halogens is 1. The molecule has 3 aromatic rings. The number of benzene rings is 2. The molecule has 20 heavy (non-hydrogen) atoms. The monoisotopic (exact) mass is 287 g/mol. The summed E-state index contributed by atoms with van der Waals surface area (Å²) in [4.78, 5) is 12.1.